The molecule has 0 radical (unpaired) electrons. The summed E-state index contributed by atoms with van der Waals surface area (Å²) in [6.07, 6.45) is 5.79. The fourth-order valence-electron chi connectivity index (χ4n) is 3.05. The molecule has 0 nitrogen and oxygen atoms in total. The van der Waals surface area contributed by atoms with Crippen LogP contribution >= 0.6 is 0 Å². The van der Waals surface area contributed by atoms with Crippen molar-refractivity contribution in [3.8, 4) is 0 Å². The number of hydrogen-bond donors (Lipinski definition) is 0. The van der Waals surface area contributed by atoms with Crippen LogP contribution in [0.4, 0.5) is 0 Å². The minimum atomic E-state index is 0.908. The Bertz CT molecular complexity index is 161. The van der Waals surface area contributed by atoms with Gasteiger partial charge in [0.15, 0.2) is 0 Å². The van der Waals surface area contributed by atoms with E-state index >= 15 is 0 Å². The quantitative estimate of drug-likeness (QED) is 0.525. The van der Waals surface area contributed by atoms with Crippen LogP contribution in [0.2, 0.25) is 0 Å². The maximum atomic E-state index is 2.46. The van der Waals surface area contributed by atoms with Gasteiger partial charge in [-0.05, 0) is 36.0 Å². The van der Waals surface area contributed by atoms with Crippen LogP contribution in [0.15, 0.2) is 0 Å². The lowest BCUT2D eigenvalue weighted by Gasteiger charge is -2.30. The fourth-order valence-corrected chi connectivity index (χ4v) is 3.05. The largest absolute Gasteiger partial charge is 0.0625 e. The first kappa shape index (κ1) is 12.1. The molecule has 5 atom stereocenters. The lowest BCUT2D eigenvalue weighted by atomic mass is 9.76. The molecule has 1 aliphatic rings. The van der Waals surface area contributed by atoms with E-state index in [-0.39, 0.29) is 0 Å². The maximum Gasteiger partial charge on any atom is -0.0389 e. The third-order valence-electron chi connectivity index (χ3n) is 4.76. The second kappa shape index (κ2) is 5.19. The predicted octanol–water partition coefficient (Wildman–Crippen LogP) is 4.74. The Morgan fingerprint density at radius 1 is 0.714 bits per heavy atom. The van der Waals surface area contributed by atoms with Crippen molar-refractivity contribution in [1.29, 1.82) is 0 Å². The van der Waals surface area contributed by atoms with Gasteiger partial charge in [0.1, 0.15) is 0 Å². The van der Waals surface area contributed by atoms with Crippen molar-refractivity contribution in [2.24, 2.45) is 29.6 Å². The monoisotopic (exact) mass is 196 g/mol. The van der Waals surface area contributed by atoms with Crippen molar-refractivity contribution in [3.63, 3.8) is 0 Å². The van der Waals surface area contributed by atoms with Gasteiger partial charge in [-0.15, -0.1) is 0 Å². The molecule has 0 N–H and O–H groups in total. The van der Waals surface area contributed by atoms with E-state index in [0.717, 1.165) is 29.6 Å². The van der Waals surface area contributed by atoms with Crippen molar-refractivity contribution in [1.82, 2.24) is 0 Å². The van der Waals surface area contributed by atoms with Crippen molar-refractivity contribution >= 4 is 0 Å². The van der Waals surface area contributed by atoms with Crippen LogP contribution in [-0.2, 0) is 0 Å². The molecule has 0 aromatic heterocycles. The summed E-state index contributed by atoms with van der Waals surface area (Å²) in [4.78, 5) is 0. The molecule has 0 amide bonds. The van der Waals surface area contributed by atoms with Crippen LogP contribution in [0.5, 0.6) is 0 Å². The summed E-state index contributed by atoms with van der Waals surface area (Å²) in [5, 5.41) is 0. The highest BCUT2D eigenvalue weighted by molar-refractivity contribution is 4.76. The molecule has 0 heteroatoms. The molecule has 0 heterocycles. The topological polar surface area (TPSA) is 0 Å². The third kappa shape index (κ3) is 3.00. The van der Waals surface area contributed by atoms with Gasteiger partial charge in [0.05, 0.1) is 0 Å². The van der Waals surface area contributed by atoms with E-state index in [1.165, 1.54) is 25.7 Å². The van der Waals surface area contributed by atoms with E-state index < -0.39 is 0 Å². The van der Waals surface area contributed by atoms with Gasteiger partial charge in [-0.2, -0.15) is 0 Å². The van der Waals surface area contributed by atoms with Gasteiger partial charge in [-0.3, -0.25) is 0 Å². The molecule has 0 aliphatic heterocycles. The predicted molar refractivity (Wildman–Crippen MR) is 64.3 cm³/mol. The van der Waals surface area contributed by atoms with E-state index in [2.05, 4.69) is 34.6 Å². The zero-order valence-electron chi connectivity index (χ0n) is 10.7. The smallest absolute Gasteiger partial charge is 0.0389 e. The zero-order valence-corrected chi connectivity index (χ0v) is 10.7. The van der Waals surface area contributed by atoms with Crippen LogP contribution in [0.3, 0.4) is 0 Å². The van der Waals surface area contributed by atoms with E-state index in [1.54, 1.807) is 0 Å². The first-order chi connectivity index (χ1) is 6.52. The Kier molecular flexibility index (Phi) is 4.47. The van der Waals surface area contributed by atoms with E-state index in [0.29, 0.717) is 0 Å². The molecule has 0 aromatic carbocycles. The van der Waals surface area contributed by atoms with Gasteiger partial charge in [-0.25, -0.2) is 0 Å². The highest BCUT2D eigenvalue weighted by Gasteiger charge is 2.26. The van der Waals surface area contributed by atoms with E-state index in [1.807, 2.05) is 0 Å². The molecule has 1 fully saturated rings. The summed E-state index contributed by atoms with van der Waals surface area (Å²) in [5.74, 6) is 4.61. The van der Waals surface area contributed by atoms with Crippen molar-refractivity contribution in [3.05, 3.63) is 0 Å². The molecule has 14 heavy (non-hydrogen) atoms. The summed E-state index contributed by atoms with van der Waals surface area (Å²) >= 11 is 0. The van der Waals surface area contributed by atoms with Crippen molar-refractivity contribution in [2.45, 2.75) is 60.3 Å². The molecular weight excluding hydrogens is 168 g/mol. The first-order valence-electron chi connectivity index (χ1n) is 6.52. The Hall–Kier alpha value is 0. The molecule has 1 saturated carbocycles. The van der Waals surface area contributed by atoms with E-state index in [9.17, 15) is 0 Å². The highest BCUT2D eigenvalue weighted by atomic mass is 14.3. The minimum absolute atomic E-state index is 0.908. The second-order valence-corrected chi connectivity index (χ2v) is 5.94. The summed E-state index contributed by atoms with van der Waals surface area (Å²) < 4.78 is 0. The Morgan fingerprint density at radius 3 is 1.93 bits per heavy atom. The molecule has 5 unspecified atom stereocenters. The Labute approximate surface area is 90.5 Å². The molecular formula is C14H28. The first-order valence-corrected chi connectivity index (χ1v) is 6.52. The third-order valence-corrected chi connectivity index (χ3v) is 4.76. The van der Waals surface area contributed by atoms with Gasteiger partial charge < -0.3 is 0 Å². The lowest BCUT2D eigenvalue weighted by molar-refractivity contribution is 0.198. The fraction of sp³-hybridized carbons (Fsp3) is 1.00. The van der Waals surface area contributed by atoms with Crippen molar-refractivity contribution < 1.29 is 0 Å². The SMILES string of the molecule is CC1CCCC(C)C(C)C(C)C(C)C1. The van der Waals surface area contributed by atoms with Crippen LogP contribution in [0, 0.1) is 29.6 Å². The van der Waals surface area contributed by atoms with Crippen LogP contribution in [0.25, 0.3) is 0 Å². The number of hydrogen-bond acceptors (Lipinski definition) is 0. The van der Waals surface area contributed by atoms with Crippen LogP contribution in [-0.4, -0.2) is 0 Å². The normalized spacial score (nSPS) is 46.5. The summed E-state index contributed by atoms with van der Waals surface area (Å²) in [7, 11) is 0. The van der Waals surface area contributed by atoms with Crippen LogP contribution in [0.1, 0.15) is 60.3 Å². The number of rotatable bonds is 0. The minimum Gasteiger partial charge on any atom is -0.0625 e. The Morgan fingerprint density at radius 2 is 1.29 bits per heavy atom. The molecule has 1 aliphatic carbocycles. The average Bonchev–Trinajstić information content (AvgIpc) is 2.16. The summed E-state index contributed by atoms with van der Waals surface area (Å²) in [6.45, 7) is 12.3. The van der Waals surface area contributed by atoms with Gasteiger partial charge in [0, 0.05) is 0 Å². The van der Waals surface area contributed by atoms with Crippen molar-refractivity contribution in [2.75, 3.05) is 0 Å². The second-order valence-electron chi connectivity index (χ2n) is 5.94. The van der Waals surface area contributed by atoms with Gasteiger partial charge in [0.25, 0.3) is 0 Å². The average molecular weight is 196 g/mol. The maximum absolute atomic E-state index is 2.46. The molecule has 0 spiro atoms. The lowest BCUT2D eigenvalue weighted by Crippen LogP contribution is -2.22. The molecule has 84 valence electrons. The standard InChI is InChI=1S/C14H28/c1-10-7-6-8-11(2)13(4)14(5)12(3)9-10/h10-14H,6-9H2,1-5H3. The summed E-state index contributed by atoms with van der Waals surface area (Å²) in [6, 6.07) is 0. The summed E-state index contributed by atoms with van der Waals surface area (Å²) in [5.41, 5.74) is 0. The van der Waals surface area contributed by atoms with Crippen LogP contribution < -0.4 is 0 Å². The van der Waals surface area contributed by atoms with Gasteiger partial charge >= 0.3 is 0 Å². The molecule has 0 bridgehead atoms. The van der Waals surface area contributed by atoms with Gasteiger partial charge in [0.2, 0.25) is 0 Å². The van der Waals surface area contributed by atoms with Gasteiger partial charge in [-0.1, -0.05) is 53.9 Å². The highest BCUT2D eigenvalue weighted by Crippen LogP contribution is 2.35. The molecule has 0 saturated heterocycles. The van der Waals surface area contributed by atoms with E-state index in [4.69, 9.17) is 0 Å². The Balaban J connectivity index is 2.64. The zero-order chi connectivity index (χ0) is 10.7. The molecule has 0 aromatic rings. The molecule has 1 rings (SSSR count).